The molecule has 0 bridgehead atoms. The van der Waals surface area contributed by atoms with E-state index in [1.54, 1.807) is 0 Å². The van der Waals surface area contributed by atoms with Crippen molar-refractivity contribution in [2.24, 2.45) is 0 Å². The standard InChI is InChI=1S/C9H2N8O12/c18-12(19)3-1-4(13(20)21)6(5(2-3)14(22)23)11-8(16(26)27)7(15(24)25)10-9(11)17(28)29/h1-2H. The van der Waals surface area contributed by atoms with Gasteiger partial charge in [-0.15, -0.1) is 0 Å². The largest absolute Gasteiger partial charge is 0.512 e. The summed E-state index contributed by atoms with van der Waals surface area (Å²) < 4.78 is -0.391. The SMILES string of the molecule is O=[N+]([O-])c1cc([N+](=O)[O-])c(-n2c([N+](=O)[O-])nc([N+](=O)[O-])c2[N+](=O)[O-])c([N+](=O)[O-])c1. The van der Waals surface area contributed by atoms with Gasteiger partial charge in [0, 0.05) is 0 Å². The van der Waals surface area contributed by atoms with Gasteiger partial charge in [-0.2, -0.15) is 0 Å². The van der Waals surface area contributed by atoms with Crippen LogP contribution in [-0.4, -0.2) is 39.1 Å². The van der Waals surface area contributed by atoms with Gasteiger partial charge in [0.05, 0.1) is 31.9 Å². The summed E-state index contributed by atoms with van der Waals surface area (Å²) in [6, 6.07) is 0.281. The molecule has 1 aromatic carbocycles. The van der Waals surface area contributed by atoms with Crippen LogP contribution in [0.4, 0.5) is 34.6 Å². The molecule has 0 amide bonds. The van der Waals surface area contributed by atoms with Gasteiger partial charge in [0.25, 0.3) is 11.4 Å². The molecular weight excluding hydrogens is 412 g/mol. The van der Waals surface area contributed by atoms with Crippen LogP contribution in [0.2, 0.25) is 0 Å². The van der Waals surface area contributed by atoms with Crippen molar-refractivity contribution < 1.29 is 29.5 Å². The van der Waals surface area contributed by atoms with Crippen molar-refractivity contribution in [2.45, 2.75) is 0 Å². The molecule has 0 spiro atoms. The first-order chi connectivity index (χ1) is 13.4. The summed E-state index contributed by atoms with van der Waals surface area (Å²) >= 11 is 0. The van der Waals surface area contributed by atoms with Crippen molar-refractivity contribution in [1.29, 1.82) is 0 Å². The lowest BCUT2D eigenvalue weighted by Gasteiger charge is -2.03. The molecule has 2 aromatic rings. The van der Waals surface area contributed by atoms with E-state index in [1.807, 2.05) is 0 Å². The van der Waals surface area contributed by atoms with E-state index in [1.165, 1.54) is 0 Å². The molecule has 0 atom stereocenters. The Bertz CT molecular complexity index is 1100. The second-order valence-electron chi connectivity index (χ2n) is 4.77. The maximum absolute atomic E-state index is 11.3. The van der Waals surface area contributed by atoms with Crippen molar-refractivity contribution >= 4 is 34.6 Å². The zero-order valence-corrected chi connectivity index (χ0v) is 13.1. The molecule has 1 heterocycles. The third kappa shape index (κ3) is 3.29. The topological polar surface area (TPSA) is 277 Å². The van der Waals surface area contributed by atoms with Crippen LogP contribution >= 0.6 is 0 Å². The summed E-state index contributed by atoms with van der Waals surface area (Å²) in [6.45, 7) is 0. The van der Waals surface area contributed by atoms with E-state index in [9.17, 15) is 60.7 Å². The van der Waals surface area contributed by atoms with Gasteiger partial charge in [-0.1, -0.05) is 4.57 Å². The highest BCUT2D eigenvalue weighted by Crippen LogP contribution is 2.43. The number of aromatic nitrogens is 2. The Morgan fingerprint density at radius 3 is 1.45 bits per heavy atom. The first kappa shape index (κ1) is 20.1. The molecule has 0 aliphatic carbocycles. The van der Waals surface area contributed by atoms with E-state index in [0.717, 1.165) is 0 Å². The van der Waals surface area contributed by atoms with Gasteiger partial charge in [0.1, 0.15) is 0 Å². The Kier molecular flexibility index (Phi) is 4.76. The van der Waals surface area contributed by atoms with Gasteiger partial charge >= 0.3 is 29.0 Å². The summed E-state index contributed by atoms with van der Waals surface area (Å²) in [6.07, 6.45) is 0. The van der Waals surface area contributed by atoms with E-state index in [4.69, 9.17) is 0 Å². The molecule has 2 rings (SSSR count). The number of hydrogen-bond donors (Lipinski definition) is 0. The fraction of sp³-hybridized carbons (Fsp3) is 0. The number of nitrogens with zero attached hydrogens (tertiary/aromatic N) is 8. The summed E-state index contributed by atoms with van der Waals surface area (Å²) in [5.74, 6) is -5.27. The van der Waals surface area contributed by atoms with E-state index in [0.29, 0.717) is 0 Å². The number of imidazole rings is 1. The second kappa shape index (κ2) is 6.86. The summed E-state index contributed by atoms with van der Waals surface area (Å²) in [7, 11) is 0. The average molecular weight is 414 g/mol. The van der Waals surface area contributed by atoms with Crippen molar-refractivity contribution in [3.8, 4) is 5.69 Å². The van der Waals surface area contributed by atoms with Crippen LogP contribution in [0.3, 0.4) is 0 Å². The normalized spacial score (nSPS) is 10.3. The summed E-state index contributed by atoms with van der Waals surface area (Å²) in [4.78, 5) is 60.9. The molecule has 0 aliphatic rings. The second-order valence-corrected chi connectivity index (χ2v) is 4.77. The number of nitro groups is 6. The van der Waals surface area contributed by atoms with E-state index in [-0.39, 0.29) is 12.1 Å². The fourth-order valence-corrected chi connectivity index (χ4v) is 2.21. The predicted molar refractivity (Wildman–Crippen MR) is 83.5 cm³/mol. The van der Waals surface area contributed by atoms with E-state index in [2.05, 4.69) is 4.98 Å². The zero-order valence-electron chi connectivity index (χ0n) is 13.1. The lowest BCUT2D eigenvalue weighted by Crippen LogP contribution is -2.11. The quantitative estimate of drug-likeness (QED) is 0.456. The summed E-state index contributed by atoms with van der Waals surface area (Å²) in [5.41, 5.74) is -5.76. The van der Waals surface area contributed by atoms with E-state index < -0.39 is 74.4 Å². The number of hydrogen-bond acceptors (Lipinski definition) is 13. The molecule has 20 nitrogen and oxygen atoms in total. The van der Waals surface area contributed by atoms with Gasteiger partial charge in [-0.3, -0.25) is 30.3 Å². The van der Waals surface area contributed by atoms with Crippen molar-refractivity contribution in [2.75, 3.05) is 0 Å². The average Bonchev–Trinajstić information content (AvgIpc) is 3.01. The van der Waals surface area contributed by atoms with Crippen molar-refractivity contribution in [3.05, 3.63) is 72.8 Å². The van der Waals surface area contributed by atoms with Crippen LogP contribution in [0.1, 0.15) is 0 Å². The van der Waals surface area contributed by atoms with Crippen LogP contribution in [0, 0.1) is 60.7 Å². The van der Waals surface area contributed by atoms with Gasteiger partial charge in [-0.25, -0.2) is 0 Å². The van der Waals surface area contributed by atoms with Crippen LogP contribution in [0.5, 0.6) is 0 Å². The van der Waals surface area contributed by atoms with Crippen LogP contribution in [0.15, 0.2) is 12.1 Å². The Hall–Kier alpha value is -5.17. The zero-order chi connectivity index (χ0) is 22.2. The maximum atomic E-state index is 11.3. The van der Waals surface area contributed by atoms with Crippen LogP contribution < -0.4 is 0 Å². The highest BCUT2D eigenvalue weighted by atomic mass is 16.7. The lowest BCUT2D eigenvalue weighted by atomic mass is 10.2. The number of benzene rings is 1. The Morgan fingerprint density at radius 1 is 0.655 bits per heavy atom. The number of non-ortho nitro benzene ring substituents is 1. The minimum absolute atomic E-state index is 0.140. The minimum atomic E-state index is -1.80. The molecule has 0 unspecified atom stereocenters. The van der Waals surface area contributed by atoms with Crippen LogP contribution in [0.25, 0.3) is 5.69 Å². The highest BCUT2D eigenvalue weighted by molar-refractivity contribution is 5.73. The molecule has 0 saturated heterocycles. The van der Waals surface area contributed by atoms with Crippen molar-refractivity contribution in [1.82, 2.24) is 9.55 Å². The summed E-state index contributed by atoms with van der Waals surface area (Å²) in [5, 5.41) is 66.9. The third-order valence-corrected chi connectivity index (χ3v) is 3.21. The number of nitro benzene ring substituents is 3. The van der Waals surface area contributed by atoms with Crippen molar-refractivity contribution in [3.63, 3.8) is 0 Å². The van der Waals surface area contributed by atoms with Crippen LogP contribution in [-0.2, 0) is 0 Å². The first-order valence-electron chi connectivity index (χ1n) is 6.56. The molecule has 0 aliphatic heterocycles. The molecule has 0 fully saturated rings. The first-order valence-corrected chi connectivity index (χ1v) is 6.56. The molecule has 0 saturated carbocycles. The molecule has 150 valence electrons. The highest BCUT2D eigenvalue weighted by Gasteiger charge is 2.48. The predicted octanol–water partition coefficient (Wildman–Crippen LogP) is 1.32. The lowest BCUT2D eigenvalue weighted by molar-refractivity contribution is -0.428. The molecule has 0 N–H and O–H groups in total. The fourth-order valence-electron chi connectivity index (χ4n) is 2.21. The van der Waals surface area contributed by atoms with Gasteiger partial charge in [0.15, 0.2) is 0 Å². The third-order valence-electron chi connectivity index (χ3n) is 3.21. The number of rotatable bonds is 7. The Labute approximate surface area is 153 Å². The van der Waals surface area contributed by atoms with Gasteiger partial charge in [0.2, 0.25) is 0 Å². The van der Waals surface area contributed by atoms with Gasteiger partial charge in [-0.05, 0) is 14.8 Å². The monoisotopic (exact) mass is 414 g/mol. The molecule has 0 radical (unpaired) electrons. The maximum Gasteiger partial charge on any atom is 0.512 e. The Morgan fingerprint density at radius 2 is 1.14 bits per heavy atom. The van der Waals surface area contributed by atoms with E-state index >= 15 is 0 Å². The molecular formula is C9H2N8O12. The molecule has 29 heavy (non-hydrogen) atoms. The minimum Gasteiger partial charge on any atom is -0.389 e. The molecule has 1 aromatic heterocycles. The molecule has 20 heteroatoms. The Balaban J connectivity index is 3.20. The smallest absolute Gasteiger partial charge is 0.389 e. The van der Waals surface area contributed by atoms with Gasteiger partial charge < -0.3 is 30.3 Å².